The minimum absolute atomic E-state index is 0.0329. The van der Waals surface area contributed by atoms with Crippen molar-refractivity contribution < 1.29 is 14.0 Å². The summed E-state index contributed by atoms with van der Waals surface area (Å²) in [7, 11) is 0. The molecule has 0 bridgehead atoms. The number of hydrogen-bond donors (Lipinski definition) is 4. The van der Waals surface area contributed by atoms with E-state index in [1.165, 1.54) is 18.2 Å². The number of halogens is 1. The summed E-state index contributed by atoms with van der Waals surface area (Å²) in [6.45, 7) is 0. The van der Waals surface area contributed by atoms with Crippen molar-refractivity contribution in [1.82, 2.24) is 26.0 Å². The standard InChI is InChI=1S/C11H11FN6O2S/c12-7-4-2-1-3-6(7)9(20)16-15-8(19)5-21-11-14-10(13)17-18-11/h1-4H,5H2,(H,15,19)(H,16,20)(H3,13,14,17,18). The molecule has 0 unspecified atom stereocenters. The largest absolute Gasteiger partial charge is 0.368 e. The fraction of sp³-hybridized carbons (Fsp3) is 0.0909. The summed E-state index contributed by atoms with van der Waals surface area (Å²) in [5.41, 5.74) is 9.44. The molecule has 0 saturated heterocycles. The monoisotopic (exact) mass is 310 g/mol. The predicted molar refractivity (Wildman–Crippen MR) is 73.5 cm³/mol. The first kappa shape index (κ1) is 14.8. The van der Waals surface area contributed by atoms with Crippen molar-refractivity contribution in [2.45, 2.75) is 5.16 Å². The number of nitrogens with zero attached hydrogens (tertiary/aromatic N) is 2. The van der Waals surface area contributed by atoms with Crippen LogP contribution in [0.2, 0.25) is 0 Å². The van der Waals surface area contributed by atoms with Gasteiger partial charge in [-0.05, 0) is 12.1 Å². The highest BCUT2D eigenvalue weighted by Gasteiger charge is 2.12. The quantitative estimate of drug-likeness (QED) is 0.468. The highest BCUT2D eigenvalue weighted by molar-refractivity contribution is 7.99. The zero-order valence-electron chi connectivity index (χ0n) is 10.6. The number of nitrogens with two attached hydrogens (primary N) is 1. The Labute approximate surface area is 122 Å². The van der Waals surface area contributed by atoms with Crippen molar-refractivity contribution in [2.75, 3.05) is 11.5 Å². The Balaban J connectivity index is 1.79. The average molecular weight is 310 g/mol. The van der Waals surface area contributed by atoms with Gasteiger partial charge in [0, 0.05) is 0 Å². The molecule has 1 aromatic heterocycles. The van der Waals surface area contributed by atoms with Crippen LogP contribution in [0.5, 0.6) is 0 Å². The third kappa shape index (κ3) is 4.18. The minimum atomic E-state index is -0.742. The van der Waals surface area contributed by atoms with Gasteiger partial charge in [0.1, 0.15) is 5.82 Å². The zero-order valence-corrected chi connectivity index (χ0v) is 11.4. The molecule has 0 aliphatic rings. The maximum Gasteiger partial charge on any atom is 0.272 e. The molecule has 0 aliphatic carbocycles. The third-order valence-corrected chi connectivity index (χ3v) is 3.10. The van der Waals surface area contributed by atoms with Crippen molar-refractivity contribution in [3.8, 4) is 0 Å². The van der Waals surface area contributed by atoms with Crippen LogP contribution in [-0.2, 0) is 4.79 Å². The lowest BCUT2D eigenvalue weighted by Crippen LogP contribution is -2.42. The fourth-order valence-electron chi connectivity index (χ4n) is 1.33. The third-order valence-electron chi connectivity index (χ3n) is 2.25. The number of carbonyl (C=O) groups is 2. The second-order valence-corrected chi connectivity index (χ2v) is 4.72. The molecule has 0 fully saturated rings. The average Bonchev–Trinajstić information content (AvgIpc) is 2.89. The van der Waals surface area contributed by atoms with Crippen LogP contribution in [0.25, 0.3) is 0 Å². The van der Waals surface area contributed by atoms with Gasteiger partial charge in [0.15, 0.2) is 0 Å². The van der Waals surface area contributed by atoms with Gasteiger partial charge in [-0.15, -0.1) is 5.10 Å². The van der Waals surface area contributed by atoms with Crippen LogP contribution in [0, 0.1) is 5.82 Å². The fourth-order valence-corrected chi connectivity index (χ4v) is 1.93. The topological polar surface area (TPSA) is 126 Å². The molecule has 0 spiro atoms. The van der Waals surface area contributed by atoms with Crippen LogP contribution < -0.4 is 16.6 Å². The Kier molecular flexibility index (Phi) is 4.72. The van der Waals surface area contributed by atoms with Crippen LogP contribution >= 0.6 is 11.8 Å². The van der Waals surface area contributed by atoms with E-state index in [1.54, 1.807) is 0 Å². The van der Waals surface area contributed by atoms with Gasteiger partial charge in [-0.25, -0.2) is 9.49 Å². The van der Waals surface area contributed by atoms with E-state index < -0.39 is 17.6 Å². The molecule has 10 heteroatoms. The first-order valence-corrected chi connectivity index (χ1v) is 6.69. The number of anilines is 1. The van der Waals surface area contributed by atoms with Gasteiger partial charge in [0.25, 0.3) is 5.91 Å². The van der Waals surface area contributed by atoms with Gasteiger partial charge in [-0.2, -0.15) is 4.98 Å². The van der Waals surface area contributed by atoms with E-state index in [4.69, 9.17) is 5.73 Å². The Morgan fingerprint density at radius 1 is 1.33 bits per heavy atom. The summed E-state index contributed by atoms with van der Waals surface area (Å²) in [4.78, 5) is 26.9. The van der Waals surface area contributed by atoms with Crippen molar-refractivity contribution in [1.29, 1.82) is 0 Å². The number of carbonyl (C=O) groups excluding carboxylic acids is 2. The van der Waals surface area contributed by atoms with Crippen molar-refractivity contribution in [3.05, 3.63) is 35.6 Å². The predicted octanol–water partition coefficient (Wildman–Crippen LogP) is 0.0793. The van der Waals surface area contributed by atoms with E-state index in [0.717, 1.165) is 17.8 Å². The van der Waals surface area contributed by atoms with Crippen LogP contribution in [0.1, 0.15) is 10.4 Å². The number of amides is 2. The van der Waals surface area contributed by atoms with Crippen LogP contribution in [0.15, 0.2) is 29.4 Å². The maximum absolute atomic E-state index is 13.3. The number of rotatable bonds is 4. The van der Waals surface area contributed by atoms with Crippen molar-refractivity contribution in [2.24, 2.45) is 0 Å². The lowest BCUT2D eigenvalue weighted by atomic mass is 10.2. The molecule has 2 rings (SSSR count). The molecule has 2 aromatic rings. The van der Waals surface area contributed by atoms with Gasteiger partial charge >= 0.3 is 0 Å². The molecule has 0 atom stereocenters. The normalized spacial score (nSPS) is 10.1. The number of benzene rings is 1. The second-order valence-electron chi connectivity index (χ2n) is 3.77. The Morgan fingerprint density at radius 2 is 2.10 bits per heavy atom. The summed E-state index contributed by atoms with van der Waals surface area (Å²) in [5, 5.41) is 6.46. The molecule has 0 aliphatic heterocycles. The number of thioether (sulfide) groups is 1. The maximum atomic E-state index is 13.3. The molecular weight excluding hydrogens is 299 g/mol. The molecule has 1 aromatic carbocycles. The molecular formula is C11H11FN6O2S. The Hall–Kier alpha value is -2.62. The molecule has 8 nitrogen and oxygen atoms in total. The van der Waals surface area contributed by atoms with E-state index in [0.29, 0.717) is 5.16 Å². The summed E-state index contributed by atoms with van der Waals surface area (Å²) >= 11 is 1.03. The van der Waals surface area contributed by atoms with Crippen LogP contribution in [0.3, 0.4) is 0 Å². The van der Waals surface area contributed by atoms with Crippen LogP contribution in [-0.4, -0.2) is 32.7 Å². The lowest BCUT2D eigenvalue weighted by molar-refractivity contribution is -0.119. The van der Waals surface area contributed by atoms with Gasteiger partial charge in [-0.1, -0.05) is 23.9 Å². The number of aromatic nitrogens is 3. The molecule has 0 saturated carbocycles. The van der Waals surface area contributed by atoms with E-state index in [1.807, 2.05) is 0 Å². The number of H-pyrrole nitrogens is 1. The smallest absolute Gasteiger partial charge is 0.272 e. The SMILES string of the molecule is Nc1nc(SCC(=O)NNC(=O)c2ccccc2F)n[nH]1. The Morgan fingerprint density at radius 3 is 2.76 bits per heavy atom. The molecule has 2 amide bonds. The van der Waals surface area contributed by atoms with Gasteiger partial charge in [0.2, 0.25) is 17.0 Å². The highest BCUT2D eigenvalue weighted by Crippen LogP contribution is 2.11. The van der Waals surface area contributed by atoms with Gasteiger partial charge < -0.3 is 5.73 Å². The second kappa shape index (κ2) is 6.70. The number of hydrogen-bond acceptors (Lipinski definition) is 6. The van der Waals surface area contributed by atoms with Crippen LogP contribution in [0.4, 0.5) is 10.3 Å². The van der Waals surface area contributed by atoms with Gasteiger partial charge in [0.05, 0.1) is 11.3 Å². The summed E-state index contributed by atoms with van der Waals surface area (Å²) < 4.78 is 13.3. The lowest BCUT2D eigenvalue weighted by Gasteiger charge is -2.07. The first-order valence-electron chi connectivity index (χ1n) is 5.70. The first-order chi connectivity index (χ1) is 10.1. The van der Waals surface area contributed by atoms with E-state index in [-0.39, 0.29) is 17.3 Å². The zero-order chi connectivity index (χ0) is 15.2. The summed E-state index contributed by atoms with van der Waals surface area (Å²) in [6.07, 6.45) is 0. The number of nitrogens with one attached hydrogen (secondary N) is 3. The highest BCUT2D eigenvalue weighted by atomic mass is 32.2. The molecule has 0 radical (unpaired) electrons. The number of aromatic amines is 1. The summed E-state index contributed by atoms with van der Waals surface area (Å²) in [6, 6.07) is 5.44. The molecule has 110 valence electrons. The van der Waals surface area contributed by atoms with Crippen molar-refractivity contribution in [3.63, 3.8) is 0 Å². The van der Waals surface area contributed by atoms with E-state index in [9.17, 15) is 14.0 Å². The van der Waals surface area contributed by atoms with Gasteiger partial charge in [-0.3, -0.25) is 20.4 Å². The summed E-state index contributed by atoms with van der Waals surface area (Å²) in [5.74, 6) is -1.79. The minimum Gasteiger partial charge on any atom is -0.368 e. The van der Waals surface area contributed by atoms with E-state index >= 15 is 0 Å². The number of hydrazine groups is 1. The molecule has 21 heavy (non-hydrogen) atoms. The molecule has 5 N–H and O–H groups in total. The van der Waals surface area contributed by atoms with Crippen molar-refractivity contribution >= 4 is 29.5 Å². The van der Waals surface area contributed by atoms with E-state index in [2.05, 4.69) is 26.0 Å². The number of nitrogen functional groups attached to an aromatic ring is 1. The Bertz CT molecular complexity index is 662. The molecule has 1 heterocycles.